The highest BCUT2D eigenvalue weighted by Crippen LogP contribution is 2.31. The first-order valence-corrected chi connectivity index (χ1v) is 7.70. The van der Waals surface area contributed by atoms with Gasteiger partial charge in [-0.1, -0.05) is 40.2 Å². The first-order valence-electron chi connectivity index (χ1n) is 6.91. The Balaban J connectivity index is 1.81. The number of fused-ring (bicyclic) bond motifs is 1. The van der Waals surface area contributed by atoms with Crippen LogP contribution in [0.4, 0.5) is 11.4 Å². The number of halogens is 1. The highest BCUT2D eigenvalue weighted by Gasteiger charge is 2.21. The highest BCUT2D eigenvalue weighted by molar-refractivity contribution is 9.10. The molecule has 0 bridgehead atoms. The van der Waals surface area contributed by atoms with Crippen LogP contribution in [-0.2, 0) is 12.8 Å². The van der Waals surface area contributed by atoms with E-state index in [0.717, 1.165) is 19.3 Å². The van der Waals surface area contributed by atoms with E-state index in [2.05, 4.69) is 39.4 Å². The van der Waals surface area contributed by atoms with E-state index in [-0.39, 0.29) is 16.7 Å². The maximum Gasteiger partial charge on any atom is 0.293 e. The fourth-order valence-electron chi connectivity index (χ4n) is 2.82. The van der Waals surface area contributed by atoms with E-state index >= 15 is 0 Å². The number of nitrogens with zero attached hydrogens (tertiary/aromatic N) is 1. The normalized spacial score (nSPS) is 17.1. The molecule has 0 amide bonds. The molecule has 4 nitrogen and oxygen atoms in total. The van der Waals surface area contributed by atoms with Crippen LogP contribution in [0.15, 0.2) is 46.9 Å². The summed E-state index contributed by atoms with van der Waals surface area (Å²) in [4.78, 5) is 10.8. The quantitative estimate of drug-likeness (QED) is 0.664. The second-order valence-corrected chi connectivity index (χ2v) is 6.19. The average molecular weight is 347 g/mol. The van der Waals surface area contributed by atoms with Crippen LogP contribution in [0.2, 0.25) is 0 Å². The summed E-state index contributed by atoms with van der Waals surface area (Å²) in [5.41, 5.74) is 3.43. The number of hydrogen-bond acceptors (Lipinski definition) is 3. The summed E-state index contributed by atoms with van der Waals surface area (Å²) < 4.78 is 0.716. The van der Waals surface area contributed by atoms with Crippen LogP contribution in [0.3, 0.4) is 0 Å². The lowest BCUT2D eigenvalue weighted by molar-refractivity contribution is -0.384. The fourth-order valence-corrected chi connectivity index (χ4v) is 3.17. The summed E-state index contributed by atoms with van der Waals surface area (Å²) in [6, 6.07) is 13.8. The third-order valence-corrected chi connectivity index (χ3v) is 4.36. The Labute approximate surface area is 131 Å². The van der Waals surface area contributed by atoms with E-state index in [1.807, 2.05) is 12.1 Å². The largest absolute Gasteiger partial charge is 0.376 e. The average Bonchev–Trinajstić information content (AvgIpc) is 2.49. The molecule has 2 aromatic carbocycles. The predicted molar refractivity (Wildman–Crippen MR) is 86.7 cm³/mol. The lowest BCUT2D eigenvalue weighted by Gasteiger charge is -2.26. The molecule has 0 heterocycles. The minimum Gasteiger partial charge on any atom is -0.376 e. The number of benzene rings is 2. The minimum absolute atomic E-state index is 0.114. The summed E-state index contributed by atoms with van der Waals surface area (Å²) in [6.45, 7) is 0. The van der Waals surface area contributed by atoms with Gasteiger partial charge in [-0.15, -0.1) is 0 Å². The van der Waals surface area contributed by atoms with Crippen molar-refractivity contribution >= 4 is 27.3 Å². The van der Waals surface area contributed by atoms with Crippen LogP contribution >= 0.6 is 15.9 Å². The fraction of sp³-hybridized carbons (Fsp3) is 0.250. The second-order valence-electron chi connectivity index (χ2n) is 5.27. The zero-order valence-electron chi connectivity index (χ0n) is 11.4. The number of nitro groups is 1. The molecule has 0 aliphatic heterocycles. The van der Waals surface area contributed by atoms with Crippen molar-refractivity contribution in [1.29, 1.82) is 0 Å². The van der Waals surface area contributed by atoms with Gasteiger partial charge in [-0.25, -0.2) is 0 Å². The van der Waals surface area contributed by atoms with Crippen LogP contribution in [0.1, 0.15) is 17.5 Å². The third kappa shape index (κ3) is 3.08. The monoisotopic (exact) mass is 346 g/mol. The van der Waals surface area contributed by atoms with Crippen LogP contribution in [0, 0.1) is 10.1 Å². The number of hydrogen-bond donors (Lipinski definition) is 1. The minimum atomic E-state index is -0.343. The van der Waals surface area contributed by atoms with Gasteiger partial charge in [0.25, 0.3) is 5.69 Å². The first kappa shape index (κ1) is 14.1. The third-order valence-electron chi connectivity index (χ3n) is 3.86. The molecule has 0 saturated carbocycles. The topological polar surface area (TPSA) is 55.2 Å². The van der Waals surface area contributed by atoms with Crippen molar-refractivity contribution in [2.24, 2.45) is 0 Å². The Morgan fingerprint density at radius 3 is 2.71 bits per heavy atom. The van der Waals surface area contributed by atoms with Gasteiger partial charge in [-0.2, -0.15) is 0 Å². The molecular formula is C16H15BrN2O2. The lowest BCUT2D eigenvalue weighted by Crippen LogP contribution is -2.27. The van der Waals surface area contributed by atoms with Crippen molar-refractivity contribution in [3.63, 3.8) is 0 Å². The Kier molecular flexibility index (Phi) is 3.92. The molecule has 0 fully saturated rings. The van der Waals surface area contributed by atoms with Gasteiger partial charge in [-0.3, -0.25) is 10.1 Å². The van der Waals surface area contributed by atoms with Gasteiger partial charge in [0.05, 0.1) is 4.92 Å². The van der Waals surface area contributed by atoms with Crippen molar-refractivity contribution in [2.75, 3.05) is 5.32 Å². The Hall–Kier alpha value is -1.88. The number of nitrogens with one attached hydrogen (secondary N) is 1. The molecule has 2 aromatic rings. The van der Waals surface area contributed by atoms with Crippen molar-refractivity contribution in [3.05, 3.63) is 68.2 Å². The van der Waals surface area contributed by atoms with Gasteiger partial charge >= 0.3 is 0 Å². The second kappa shape index (κ2) is 5.85. The van der Waals surface area contributed by atoms with Gasteiger partial charge in [0.2, 0.25) is 0 Å². The highest BCUT2D eigenvalue weighted by atomic mass is 79.9. The molecule has 3 rings (SSSR count). The van der Waals surface area contributed by atoms with E-state index in [1.165, 1.54) is 11.1 Å². The van der Waals surface area contributed by atoms with Crippen LogP contribution < -0.4 is 5.32 Å². The van der Waals surface area contributed by atoms with Gasteiger partial charge in [0, 0.05) is 16.6 Å². The van der Waals surface area contributed by atoms with Gasteiger partial charge < -0.3 is 5.32 Å². The molecule has 0 aromatic heterocycles. The van der Waals surface area contributed by atoms with E-state index in [1.54, 1.807) is 12.1 Å². The maximum absolute atomic E-state index is 11.2. The van der Waals surface area contributed by atoms with Gasteiger partial charge in [-0.05, 0) is 42.5 Å². The van der Waals surface area contributed by atoms with Crippen LogP contribution in [0.25, 0.3) is 0 Å². The van der Waals surface area contributed by atoms with Crippen molar-refractivity contribution in [3.8, 4) is 0 Å². The van der Waals surface area contributed by atoms with Gasteiger partial charge in [0.1, 0.15) is 5.69 Å². The molecule has 0 spiro atoms. The SMILES string of the molecule is O=[N+]([O-])c1cc(Br)ccc1NC1CCc2ccccc2C1. The molecule has 1 aliphatic carbocycles. The van der Waals surface area contributed by atoms with Crippen molar-refractivity contribution in [2.45, 2.75) is 25.3 Å². The maximum atomic E-state index is 11.2. The van der Waals surface area contributed by atoms with Crippen LogP contribution in [-0.4, -0.2) is 11.0 Å². The van der Waals surface area contributed by atoms with Crippen LogP contribution in [0.5, 0.6) is 0 Å². The number of anilines is 1. The summed E-state index contributed by atoms with van der Waals surface area (Å²) in [6.07, 6.45) is 2.91. The Bertz CT molecular complexity index is 688. The first-order chi connectivity index (χ1) is 10.1. The summed E-state index contributed by atoms with van der Waals surface area (Å²) in [7, 11) is 0. The smallest absolute Gasteiger partial charge is 0.293 e. The molecule has 1 N–H and O–H groups in total. The van der Waals surface area contributed by atoms with E-state index in [4.69, 9.17) is 0 Å². The molecular weight excluding hydrogens is 332 g/mol. The molecule has 0 radical (unpaired) electrons. The summed E-state index contributed by atoms with van der Waals surface area (Å²) in [5.74, 6) is 0. The summed E-state index contributed by atoms with van der Waals surface area (Å²) >= 11 is 3.28. The number of aryl methyl sites for hydroxylation is 1. The number of rotatable bonds is 3. The number of nitro benzene ring substituents is 1. The summed E-state index contributed by atoms with van der Waals surface area (Å²) in [5, 5.41) is 14.5. The lowest BCUT2D eigenvalue weighted by atomic mass is 9.88. The molecule has 5 heteroatoms. The zero-order chi connectivity index (χ0) is 14.8. The molecule has 21 heavy (non-hydrogen) atoms. The molecule has 0 saturated heterocycles. The Morgan fingerprint density at radius 2 is 1.95 bits per heavy atom. The molecule has 1 atom stereocenters. The standard InChI is InChI=1S/C16H15BrN2O2/c17-13-6-8-15(16(10-13)19(20)21)18-14-7-5-11-3-1-2-4-12(11)9-14/h1-4,6,8,10,14,18H,5,7,9H2. The predicted octanol–water partition coefficient (Wildman–Crippen LogP) is 4.33. The van der Waals surface area contributed by atoms with Crippen molar-refractivity contribution < 1.29 is 4.92 Å². The van der Waals surface area contributed by atoms with E-state index in [9.17, 15) is 10.1 Å². The van der Waals surface area contributed by atoms with Gasteiger partial charge in [0.15, 0.2) is 0 Å². The van der Waals surface area contributed by atoms with Crippen molar-refractivity contribution in [1.82, 2.24) is 0 Å². The van der Waals surface area contributed by atoms with E-state index < -0.39 is 0 Å². The van der Waals surface area contributed by atoms with E-state index in [0.29, 0.717) is 10.2 Å². The molecule has 108 valence electrons. The molecule has 1 unspecified atom stereocenters. The molecule has 1 aliphatic rings. The Morgan fingerprint density at radius 1 is 1.19 bits per heavy atom. The zero-order valence-corrected chi connectivity index (χ0v) is 13.0.